The first-order valence-electron chi connectivity index (χ1n) is 7.86. The molecule has 1 aromatic rings. The Balaban J connectivity index is 1.80. The summed E-state index contributed by atoms with van der Waals surface area (Å²) >= 11 is 0. The van der Waals surface area contributed by atoms with E-state index in [0.29, 0.717) is 12.2 Å². The van der Waals surface area contributed by atoms with Crippen LogP contribution in [-0.4, -0.2) is 37.1 Å². The number of hydrogen-bond acceptors (Lipinski definition) is 3. The number of nitrogens with zero attached hydrogens (tertiary/aromatic N) is 1. The van der Waals surface area contributed by atoms with E-state index < -0.39 is 0 Å². The highest BCUT2D eigenvalue weighted by Gasteiger charge is 2.19. The highest BCUT2D eigenvalue weighted by atomic mass is 16.5. The van der Waals surface area contributed by atoms with Gasteiger partial charge in [0.2, 0.25) is 0 Å². The fourth-order valence-corrected chi connectivity index (χ4v) is 2.69. The molecule has 1 fully saturated rings. The van der Waals surface area contributed by atoms with Crippen LogP contribution in [0.4, 0.5) is 0 Å². The highest BCUT2D eigenvalue weighted by molar-refractivity contribution is 5.89. The molecule has 116 valence electrons. The van der Waals surface area contributed by atoms with Gasteiger partial charge in [-0.25, -0.2) is 4.79 Å². The van der Waals surface area contributed by atoms with Crippen LogP contribution in [0.3, 0.4) is 0 Å². The fraction of sp³-hybridized carbons (Fsp3) is 0.611. The van der Waals surface area contributed by atoms with E-state index in [1.807, 2.05) is 24.3 Å². The molecule has 0 saturated carbocycles. The SMILES string of the molecule is C[C@H]1CCN(CCOC(=O)c2ccc(C(C)(C)C)cc2)C1. The number of carbonyl (C=O) groups excluding carboxylic acids is 1. The van der Waals surface area contributed by atoms with Gasteiger partial charge in [-0.1, -0.05) is 39.8 Å². The van der Waals surface area contributed by atoms with Gasteiger partial charge in [0.1, 0.15) is 6.61 Å². The standard InChI is InChI=1S/C18H27NO2/c1-14-9-10-19(13-14)11-12-21-17(20)15-5-7-16(8-6-15)18(2,3)4/h5-8,14H,9-13H2,1-4H3/t14-/m0/s1. The van der Waals surface area contributed by atoms with Crippen molar-refractivity contribution in [1.82, 2.24) is 4.90 Å². The van der Waals surface area contributed by atoms with Gasteiger partial charge in [0.25, 0.3) is 0 Å². The maximum atomic E-state index is 12.0. The molecule has 0 amide bonds. The van der Waals surface area contributed by atoms with Crippen molar-refractivity contribution in [3.63, 3.8) is 0 Å². The maximum Gasteiger partial charge on any atom is 0.338 e. The number of carbonyl (C=O) groups is 1. The summed E-state index contributed by atoms with van der Waals surface area (Å²) in [5.74, 6) is 0.549. The van der Waals surface area contributed by atoms with Gasteiger partial charge >= 0.3 is 5.97 Å². The molecule has 21 heavy (non-hydrogen) atoms. The van der Waals surface area contributed by atoms with E-state index in [1.165, 1.54) is 12.0 Å². The zero-order chi connectivity index (χ0) is 15.5. The van der Waals surface area contributed by atoms with Crippen molar-refractivity contribution in [1.29, 1.82) is 0 Å². The van der Waals surface area contributed by atoms with Crippen LogP contribution in [0.1, 0.15) is 50.0 Å². The molecule has 0 aromatic heterocycles. The van der Waals surface area contributed by atoms with E-state index in [4.69, 9.17) is 4.74 Å². The first-order valence-corrected chi connectivity index (χ1v) is 7.86. The van der Waals surface area contributed by atoms with E-state index in [9.17, 15) is 4.79 Å². The summed E-state index contributed by atoms with van der Waals surface area (Å²) in [5, 5.41) is 0. The molecule has 0 spiro atoms. The molecule has 1 heterocycles. The lowest BCUT2D eigenvalue weighted by Gasteiger charge is -2.19. The quantitative estimate of drug-likeness (QED) is 0.795. The van der Waals surface area contributed by atoms with E-state index in [2.05, 4.69) is 32.6 Å². The average Bonchev–Trinajstić information content (AvgIpc) is 2.83. The molecule has 1 aromatic carbocycles. The van der Waals surface area contributed by atoms with Crippen molar-refractivity contribution >= 4 is 5.97 Å². The van der Waals surface area contributed by atoms with Crippen LogP contribution in [0.5, 0.6) is 0 Å². The highest BCUT2D eigenvalue weighted by Crippen LogP contribution is 2.22. The minimum Gasteiger partial charge on any atom is -0.461 e. The van der Waals surface area contributed by atoms with Crippen LogP contribution in [0.15, 0.2) is 24.3 Å². The van der Waals surface area contributed by atoms with Gasteiger partial charge < -0.3 is 4.74 Å². The molecular formula is C18H27NO2. The zero-order valence-corrected chi connectivity index (χ0v) is 13.7. The molecule has 0 N–H and O–H groups in total. The van der Waals surface area contributed by atoms with Crippen LogP contribution in [0, 0.1) is 5.92 Å². The van der Waals surface area contributed by atoms with Crippen molar-refractivity contribution in [2.75, 3.05) is 26.2 Å². The maximum absolute atomic E-state index is 12.0. The van der Waals surface area contributed by atoms with Crippen LogP contribution in [-0.2, 0) is 10.2 Å². The number of esters is 1. The van der Waals surface area contributed by atoms with Crippen LogP contribution >= 0.6 is 0 Å². The Morgan fingerprint density at radius 2 is 1.95 bits per heavy atom. The average molecular weight is 289 g/mol. The molecule has 3 heteroatoms. The smallest absolute Gasteiger partial charge is 0.338 e. The second-order valence-corrected chi connectivity index (χ2v) is 7.16. The third-order valence-corrected chi connectivity index (χ3v) is 4.14. The minimum atomic E-state index is -0.220. The molecule has 1 aliphatic heterocycles. The largest absolute Gasteiger partial charge is 0.461 e. The third kappa shape index (κ3) is 4.57. The second kappa shape index (κ2) is 6.61. The van der Waals surface area contributed by atoms with Crippen molar-refractivity contribution < 1.29 is 9.53 Å². The topological polar surface area (TPSA) is 29.5 Å². The third-order valence-electron chi connectivity index (χ3n) is 4.14. The monoisotopic (exact) mass is 289 g/mol. The van der Waals surface area contributed by atoms with Gasteiger partial charge in [-0.15, -0.1) is 0 Å². The summed E-state index contributed by atoms with van der Waals surface area (Å²) in [6.45, 7) is 12.3. The predicted octanol–water partition coefficient (Wildman–Crippen LogP) is 3.48. The number of benzene rings is 1. The molecule has 0 radical (unpaired) electrons. The molecule has 3 nitrogen and oxygen atoms in total. The first kappa shape index (κ1) is 16.0. The van der Waals surface area contributed by atoms with Crippen molar-refractivity contribution in [2.45, 2.75) is 39.5 Å². The van der Waals surface area contributed by atoms with Crippen LogP contribution in [0.25, 0.3) is 0 Å². The molecule has 0 bridgehead atoms. The predicted molar refractivity (Wildman–Crippen MR) is 85.6 cm³/mol. The Kier molecular flexibility index (Phi) is 5.04. The molecule has 0 unspecified atom stereocenters. The summed E-state index contributed by atoms with van der Waals surface area (Å²) in [4.78, 5) is 14.4. The Labute approximate surface area is 128 Å². The molecule has 1 atom stereocenters. The van der Waals surface area contributed by atoms with E-state index in [0.717, 1.165) is 25.6 Å². The van der Waals surface area contributed by atoms with Crippen LogP contribution < -0.4 is 0 Å². The Hall–Kier alpha value is -1.35. The molecule has 2 rings (SSSR count). The van der Waals surface area contributed by atoms with E-state index in [-0.39, 0.29) is 11.4 Å². The zero-order valence-electron chi connectivity index (χ0n) is 13.7. The normalized spacial score (nSPS) is 19.7. The van der Waals surface area contributed by atoms with Gasteiger partial charge in [0.15, 0.2) is 0 Å². The molecule has 1 aliphatic rings. The van der Waals surface area contributed by atoms with E-state index >= 15 is 0 Å². The molecule has 0 aliphatic carbocycles. The summed E-state index contributed by atoms with van der Waals surface area (Å²) in [6.07, 6.45) is 1.25. The number of likely N-dealkylation sites (tertiary alicyclic amines) is 1. The summed E-state index contributed by atoms with van der Waals surface area (Å²) in [7, 11) is 0. The van der Waals surface area contributed by atoms with Gasteiger partial charge in [0.05, 0.1) is 5.56 Å². The van der Waals surface area contributed by atoms with E-state index in [1.54, 1.807) is 0 Å². The Bertz CT molecular complexity index is 473. The fourth-order valence-electron chi connectivity index (χ4n) is 2.69. The lowest BCUT2D eigenvalue weighted by Crippen LogP contribution is -2.26. The lowest BCUT2D eigenvalue weighted by molar-refractivity contribution is 0.0471. The Morgan fingerprint density at radius 3 is 2.48 bits per heavy atom. The van der Waals surface area contributed by atoms with Gasteiger partial charge in [-0.3, -0.25) is 4.90 Å². The minimum absolute atomic E-state index is 0.106. The van der Waals surface area contributed by atoms with Gasteiger partial charge in [-0.2, -0.15) is 0 Å². The number of ether oxygens (including phenoxy) is 1. The van der Waals surface area contributed by atoms with Crippen molar-refractivity contribution in [3.8, 4) is 0 Å². The van der Waals surface area contributed by atoms with Gasteiger partial charge in [0, 0.05) is 13.1 Å². The molecule has 1 saturated heterocycles. The van der Waals surface area contributed by atoms with Gasteiger partial charge in [-0.05, 0) is 42.0 Å². The summed E-state index contributed by atoms with van der Waals surface area (Å²) < 4.78 is 5.37. The first-order chi connectivity index (χ1) is 9.86. The van der Waals surface area contributed by atoms with Crippen molar-refractivity contribution in [2.24, 2.45) is 5.92 Å². The molecular weight excluding hydrogens is 262 g/mol. The number of rotatable bonds is 4. The number of hydrogen-bond donors (Lipinski definition) is 0. The summed E-state index contributed by atoms with van der Waals surface area (Å²) in [5.41, 5.74) is 1.97. The summed E-state index contributed by atoms with van der Waals surface area (Å²) in [6, 6.07) is 7.75. The van der Waals surface area contributed by atoms with Crippen LogP contribution in [0.2, 0.25) is 0 Å². The second-order valence-electron chi connectivity index (χ2n) is 7.16. The Morgan fingerprint density at radius 1 is 1.29 bits per heavy atom. The lowest BCUT2D eigenvalue weighted by atomic mass is 9.87. The van der Waals surface area contributed by atoms with Crippen molar-refractivity contribution in [3.05, 3.63) is 35.4 Å².